The number of hydrogen-bond acceptors (Lipinski definition) is 3. The molecule has 0 saturated carbocycles. The Bertz CT molecular complexity index is 774. The van der Waals surface area contributed by atoms with Crippen molar-refractivity contribution in [2.24, 2.45) is 0 Å². The van der Waals surface area contributed by atoms with Gasteiger partial charge < -0.3 is 20.5 Å². The van der Waals surface area contributed by atoms with E-state index in [4.69, 9.17) is 16.3 Å². The van der Waals surface area contributed by atoms with Gasteiger partial charge in [0.05, 0.1) is 18.4 Å². The monoisotopic (exact) mass is 384 g/mol. The SMILES string of the molecule is CCCOc1ccc(Cl)cc1NC(=O)NCC(O)c1ccc(F)c(F)c1. The number of aliphatic hydroxyl groups is 1. The van der Waals surface area contributed by atoms with Crippen molar-refractivity contribution in [1.29, 1.82) is 0 Å². The Morgan fingerprint density at radius 1 is 1.23 bits per heavy atom. The molecule has 0 heterocycles. The molecule has 0 aliphatic carbocycles. The highest BCUT2D eigenvalue weighted by atomic mass is 35.5. The van der Waals surface area contributed by atoms with Gasteiger partial charge in [0.1, 0.15) is 5.75 Å². The molecule has 0 aromatic heterocycles. The lowest BCUT2D eigenvalue weighted by atomic mass is 10.1. The predicted molar refractivity (Wildman–Crippen MR) is 95.6 cm³/mol. The molecule has 0 aliphatic heterocycles. The van der Waals surface area contributed by atoms with E-state index < -0.39 is 23.8 Å². The number of urea groups is 1. The molecular formula is C18H19ClF2N2O3. The summed E-state index contributed by atoms with van der Waals surface area (Å²) < 4.78 is 31.6. The summed E-state index contributed by atoms with van der Waals surface area (Å²) in [6, 6.07) is 7.26. The molecule has 140 valence electrons. The number of carbonyl (C=O) groups excluding carboxylic acids is 1. The summed E-state index contributed by atoms with van der Waals surface area (Å²) in [7, 11) is 0. The van der Waals surface area contributed by atoms with Gasteiger partial charge in [0.25, 0.3) is 0 Å². The summed E-state index contributed by atoms with van der Waals surface area (Å²) in [6.07, 6.45) is -0.389. The third-order valence-corrected chi connectivity index (χ3v) is 3.67. The third kappa shape index (κ3) is 5.57. The summed E-state index contributed by atoms with van der Waals surface area (Å²) >= 11 is 5.94. The average molecular weight is 385 g/mol. The van der Waals surface area contributed by atoms with Crippen LogP contribution >= 0.6 is 11.6 Å². The van der Waals surface area contributed by atoms with Gasteiger partial charge in [-0.15, -0.1) is 0 Å². The van der Waals surface area contributed by atoms with E-state index in [1.807, 2.05) is 6.92 Å². The van der Waals surface area contributed by atoms with Gasteiger partial charge in [0.15, 0.2) is 11.6 Å². The van der Waals surface area contributed by atoms with Gasteiger partial charge >= 0.3 is 6.03 Å². The maximum absolute atomic E-state index is 13.2. The molecular weight excluding hydrogens is 366 g/mol. The van der Waals surface area contributed by atoms with E-state index in [1.165, 1.54) is 12.1 Å². The van der Waals surface area contributed by atoms with Crippen LogP contribution in [0.2, 0.25) is 5.02 Å². The quantitative estimate of drug-likeness (QED) is 0.668. The molecule has 26 heavy (non-hydrogen) atoms. The molecule has 3 N–H and O–H groups in total. The minimum absolute atomic E-state index is 0.152. The Morgan fingerprint density at radius 2 is 2.00 bits per heavy atom. The van der Waals surface area contributed by atoms with Crippen molar-refractivity contribution in [3.8, 4) is 5.75 Å². The van der Waals surface area contributed by atoms with E-state index >= 15 is 0 Å². The molecule has 0 fully saturated rings. The highest BCUT2D eigenvalue weighted by Gasteiger charge is 2.14. The maximum Gasteiger partial charge on any atom is 0.319 e. The standard InChI is InChI=1S/C18H19ClF2N2O3/c1-2-7-26-17-6-4-12(19)9-15(17)23-18(25)22-10-16(24)11-3-5-13(20)14(21)8-11/h3-6,8-9,16,24H,2,7,10H2,1H3,(H2,22,23,25). The molecule has 2 aromatic carbocycles. The van der Waals surface area contributed by atoms with E-state index in [9.17, 15) is 18.7 Å². The lowest BCUT2D eigenvalue weighted by Gasteiger charge is -2.15. The number of amides is 2. The molecule has 0 bridgehead atoms. The van der Waals surface area contributed by atoms with Crippen molar-refractivity contribution in [1.82, 2.24) is 5.32 Å². The average Bonchev–Trinajstić information content (AvgIpc) is 2.61. The second kappa shape index (κ2) is 9.35. The fourth-order valence-corrected chi connectivity index (χ4v) is 2.30. The molecule has 5 nitrogen and oxygen atoms in total. The minimum Gasteiger partial charge on any atom is -0.491 e. The molecule has 0 spiro atoms. The van der Waals surface area contributed by atoms with Gasteiger partial charge in [0.2, 0.25) is 0 Å². The van der Waals surface area contributed by atoms with Gasteiger partial charge in [-0.25, -0.2) is 13.6 Å². The number of halogens is 3. The Labute approximate surface area is 154 Å². The molecule has 0 saturated heterocycles. The number of anilines is 1. The Balaban J connectivity index is 1.96. The van der Waals surface area contributed by atoms with Crippen LogP contribution in [-0.4, -0.2) is 24.3 Å². The fourth-order valence-electron chi connectivity index (χ4n) is 2.13. The molecule has 2 amide bonds. The van der Waals surface area contributed by atoms with Crippen molar-refractivity contribution in [3.63, 3.8) is 0 Å². The Hall–Kier alpha value is -2.38. The highest BCUT2D eigenvalue weighted by Crippen LogP contribution is 2.28. The van der Waals surface area contributed by atoms with Crippen molar-refractivity contribution < 1.29 is 23.4 Å². The second-order valence-electron chi connectivity index (χ2n) is 5.51. The number of nitrogens with one attached hydrogen (secondary N) is 2. The smallest absolute Gasteiger partial charge is 0.319 e. The Morgan fingerprint density at radius 3 is 2.69 bits per heavy atom. The number of rotatable bonds is 7. The maximum atomic E-state index is 13.2. The fraction of sp³-hybridized carbons (Fsp3) is 0.278. The Kier molecular flexibility index (Phi) is 7.17. The van der Waals surface area contributed by atoms with Crippen LogP contribution in [0.15, 0.2) is 36.4 Å². The number of ether oxygens (including phenoxy) is 1. The van der Waals surface area contributed by atoms with Crippen molar-refractivity contribution in [2.45, 2.75) is 19.4 Å². The zero-order valence-corrected chi connectivity index (χ0v) is 14.8. The summed E-state index contributed by atoms with van der Waals surface area (Å²) in [6.45, 7) is 2.24. The van der Waals surface area contributed by atoms with Crippen LogP contribution in [0.4, 0.5) is 19.3 Å². The van der Waals surface area contributed by atoms with Crippen molar-refractivity contribution in [2.75, 3.05) is 18.5 Å². The van der Waals surface area contributed by atoms with Crippen LogP contribution in [0.25, 0.3) is 0 Å². The van der Waals surface area contributed by atoms with Gasteiger partial charge in [0, 0.05) is 11.6 Å². The second-order valence-corrected chi connectivity index (χ2v) is 5.95. The number of benzene rings is 2. The first kappa shape index (κ1) is 19.9. The topological polar surface area (TPSA) is 70.6 Å². The van der Waals surface area contributed by atoms with Crippen LogP contribution in [0, 0.1) is 11.6 Å². The van der Waals surface area contributed by atoms with Crippen LogP contribution in [0.5, 0.6) is 5.75 Å². The molecule has 1 unspecified atom stereocenters. The first-order valence-corrected chi connectivity index (χ1v) is 8.38. The minimum atomic E-state index is -1.19. The van der Waals surface area contributed by atoms with Gasteiger partial charge in [-0.05, 0) is 42.3 Å². The largest absolute Gasteiger partial charge is 0.491 e. The van der Waals surface area contributed by atoms with Crippen molar-refractivity contribution in [3.05, 3.63) is 58.6 Å². The summed E-state index contributed by atoms with van der Waals surface area (Å²) in [5.74, 6) is -1.61. The predicted octanol–water partition coefficient (Wildman–Crippen LogP) is 4.26. The summed E-state index contributed by atoms with van der Waals surface area (Å²) in [5, 5.41) is 15.4. The van der Waals surface area contributed by atoms with E-state index in [-0.39, 0.29) is 12.1 Å². The lowest BCUT2D eigenvalue weighted by molar-refractivity contribution is 0.174. The van der Waals surface area contributed by atoms with E-state index in [1.54, 1.807) is 12.1 Å². The van der Waals surface area contributed by atoms with Gasteiger partial charge in [-0.3, -0.25) is 0 Å². The number of hydrogen-bond donors (Lipinski definition) is 3. The summed E-state index contributed by atoms with van der Waals surface area (Å²) in [5.41, 5.74) is 0.532. The van der Waals surface area contributed by atoms with Crippen molar-refractivity contribution >= 4 is 23.3 Å². The number of carbonyl (C=O) groups is 1. The molecule has 2 rings (SSSR count). The number of aliphatic hydroxyl groups excluding tert-OH is 1. The van der Waals surface area contributed by atoms with Gasteiger partial charge in [-0.1, -0.05) is 24.6 Å². The molecule has 1 atom stereocenters. The summed E-state index contributed by atoms with van der Waals surface area (Å²) in [4.78, 5) is 12.0. The van der Waals surface area contributed by atoms with E-state index in [0.29, 0.717) is 23.1 Å². The molecule has 0 aliphatic rings. The zero-order valence-electron chi connectivity index (χ0n) is 14.1. The first-order chi connectivity index (χ1) is 12.4. The van der Waals surface area contributed by atoms with Crippen LogP contribution in [0.1, 0.15) is 25.0 Å². The zero-order chi connectivity index (χ0) is 19.1. The van der Waals surface area contributed by atoms with Gasteiger partial charge in [-0.2, -0.15) is 0 Å². The highest BCUT2D eigenvalue weighted by molar-refractivity contribution is 6.31. The molecule has 2 aromatic rings. The first-order valence-electron chi connectivity index (χ1n) is 8.01. The van der Waals surface area contributed by atoms with Crippen LogP contribution < -0.4 is 15.4 Å². The third-order valence-electron chi connectivity index (χ3n) is 3.44. The molecule has 8 heteroatoms. The lowest BCUT2D eigenvalue weighted by Crippen LogP contribution is -2.32. The van der Waals surface area contributed by atoms with E-state index in [2.05, 4.69) is 10.6 Å². The van der Waals surface area contributed by atoms with Crippen LogP contribution in [0.3, 0.4) is 0 Å². The normalized spacial score (nSPS) is 11.7. The van der Waals surface area contributed by atoms with E-state index in [0.717, 1.165) is 18.6 Å². The van der Waals surface area contributed by atoms with Crippen LogP contribution in [-0.2, 0) is 0 Å². The molecule has 0 radical (unpaired) electrons.